The van der Waals surface area contributed by atoms with Gasteiger partial charge in [0.15, 0.2) is 0 Å². The third kappa shape index (κ3) is 0.997. The Morgan fingerprint density at radius 3 is 2.22 bits per heavy atom. The van der Waals surface area contributed by atoms with Crippen LogP contribution in [0.5, 0.6) is 0 Å². The van der Waals surface area contributed by atoms with Gasteiger partial charge < -0.3 is 0 Å². The Morgan fingerprint density at radius 1 is 1.11 bits per heavy atom. The lowest BCUT2D eigenvalue weighted by Crippen LogP contribution is -2.24. The van der Waals surface area contributed by atoms with Crippen molar-refractivity contribution in [2.24, 2.45) is 17.8 Å². The maximum atomic E-state index is 2.33. The van der Waals surface area contributed by atoms with Crippen LogP contribution in [0, 0.1) is 17.8 Å². The van der Waals surface area contributed by atoms with Crippen LogP contribution in [0.25, 0.3) is 0 Å². The van der Waals surface area contributed by atoms with E-state index in [1.54, 1.807) is 25.7 Å². The molecule has 52 valence electrons. The largest absolute Gasteiger partial charge is 0.0651 e. The van der Waals surface area contributed by atoms with E-state index in [2.05, 4.69) is 6.92 Å². The first-order chi connectivity index (χ1) is 4.40. The van der Waals surface area contributed by atoms with Crippen LogP contribution in [-0.2, 0) is 0 Å². The van der Waals surface area contributed by atoms with Crippen LogP contribution in [-0.4, -0.2) is 0 Å². The SMILES string of the molecule is CCC1CC(C2CC2)C1. The van der Waals surface area contributed by atoms with Crippen molar-refractivity contribution in [3.8, 4) is 0 Å². The first-order valence-corrected chi connectivity index (χ1v) is 4.40. The standard InChI is InChI=1S/C9H16/c1-2-7-5-9(6-7)8-3-4-8/h7-9H,2-6H2,1H3. The first kappa shape index (κ1) is 5.76. The van der Waals surface area contributed by atoms with E-state index in [4.69, 9.17) is 0 Å². The molecule has 0 aromatic heterocycles. The second-order valence-electron chi connectivity index (χ2n) is 3.84. The second kappa shape index (κ2) is 2.00. The van der Waals surface area contributed by atoms with Crippen LogP contribution in [0.15, 0.2) is 0 Å². The molecular weight excluding hydrogens is 108 g/mol. The Kier molecular flexibility index (Phi) is 1.28. The molecule has 0 bridgehead atoms. The predicted molar refractivity (Wildman–Crippen MR) is 39.2 cm³/mol. The van der Waals surface area contributed by atoms with Gasteiger partial charge in [-0.2, -0.15) is 0 Å². The van der Waals surface area contributed by atoms with E-state index in [0.717, 1.165) is 5.92 Å². The van der Waals surface area contributed by atoms with Crippen LogP contribution >= 0.6 is 0 Å². The number of hydrogen-bond acceptors (Lipinski definition) is 0. The van der Waals surface area contributed by atoms with Gasteiger partial charge in [-0.3, -0.25) is 0 Å². The molecule has 2 fully saturated rings. The fourth-order valence-corrected chi connectivity index (χ4v) is 2.07. The minimum absolute atomic E-state index is 1.12. The quantitative estimate of drug-likeness (QED) is 0.531. The third-order valence-corrected chi connectivity index (χ3v) is 3.14. The summed E-state index contributed by atoms with van der Waals surface area (Å²) in [4.78, 5) is 0. The van der Waals surface area contributed by atoms with Gasteiger partial charge in [0.2, 0.25) is 0 Å². The summed E-state index contributed by atoms with van der Waals surface area (Å²) in [7, 11) is 0. The van der Waals surface area contributed by atoms with Crippen LogP contribution < -0.4 is 0 Å². The average molecular weight is 124 g/mol. The fraction of sp³-hybridized carbons (Fsp3) is 1.00. The van der Waals surface area contributed by atoms with Crippen molar-refractivity contribution in [3.05, 3.63) is 0 Å². The van der Waals surface area contributed by atoms with Gasteiger partial charge in [0, 0.05) is 0 Å². The van der Waals surface area contributed by atoms with Crippen molar-refractivity contribution in [3.63, 3.8) is 0 Å². The van der Waals surface area contributed by atoms with E-state index in [9.17, 15) is 0 Å². The molecule has 0 radical (unpaired) electrons. The van der Waals surface area contributed by atoms with Crippen molar-refractivity contribution in [2.45, 2.75) is 39.0 Å². The van der Waals surface area contributed by atoms with E-state index < -0.39 is 0 Å². The molecule has 0 aromatic rings. The zero-order valence-corrected chi connectivity index (χ0v) is 6.27. The van der Waals surface area contributed by atoms with Crippen molar-refractivity contribution >= 4 is 0 Å². The molecule has 0 saturated heterocycles. The summed E-state index contributed by atoms with van der Waals surface area (Å²) in [5.41, 5.74) is 0. The molecule has 0 N–H and O–H groups in total. The molecule has 2 rings (SSSR count). The lowest BCUT2D eigenvalue weighted by Gasteiger charge is -2.34. The van der Waals surface area contributed by atoms with Crippen LogP contribution in [0.1, 0.15) is 39.0 Å². The topological polar surface area (TPSA) is 0 Å². The minimum Gasteiger partial charge on any atom is -0.0651 e. The molecule has 0 atom stereocenters. The van der Waals surface area contributed by atoms with Gasteiger partial charge in [0.05, 0.1) is 0 Å². The second-order valence-corrected chi connectivity index (χ2v) is 3.84. The van der Waals surface area contributed by atoms with Crippen LogP contribution in [0.3, 0.4) is 0 Å². The van der Waals surface area contributed by atoms with Gasteiger partial charge in [-0.05, 0) is 43.4 Å². The Labute approximate surface area is 57.6 Å². The van der Waals surface area contributed by atoms with E-state index in [1.165, 1.54) is 18.3 Å². The summed E-state index contributed by atoms with van der Waals surface area (Å²) < 4.78 is 0. The molecule has 0 aromatic carbocycles. The fourth-order valence-electron chi connectivity index (χ4n) is 2.07. The molecule has 0 unspecified atom stereocenters. The summed E-state index contributed by atoms with van der Waals surface area (Å²) in [5.74, 6) is 3.48. The highest BCUT2D eigenvalue weighted by Crippen LogP contribution is 2.50. The molecule has 2 saturated carbocycles. The monoisotopic (exact) mass is 124 g/mol. The van der Waals surface area contributed by atoms with Gasteiger partial charge in [-0.1, -0.05) is 13.3 Å². The third-order valence-electron chi connectivity index (χ3n) is 3.14. The van der Waals surface area contributed by atoms with Gasteiger partial charge in [0.1, 0.15) is 0 Å². The number of rotatable bonds is 2. The highest BCUT2D eigenvalue weighted by Gasteiger charge is 2.38. The van der Waals surface area contributed by atoms with Gasteiger partial charge in [-0.25, -0.2) is 0 Å². The molecule has 2 aliphatic rings. The van der Waals surface area contributed by atoms with Crippen LogP contribution in [0.4, 0.5) is 0 Å². The maximum absolute atomic E-state index is 2.33. The van der Waals surface area contributed by atoms with E-state index in [1.807, 2.05) is 0 Å². The first-order valence-electron chi connectivity index (χ1n) is 4.40. The Morgan fingerprint density at radius 2 is 1.78 bits per heavy atom. The predicted octanol–water partition coefficient (Wildman–Crippen LogP) is 2.83. The Bertz CT molecular complexity index is 96.6. The normalized spacial score (nSPS) is 42.3. The maximum Gasteiger partial charge on any atom is -0.0381 e. The summed E-state index contributed by atoms with van der Waals surface area (Å²) >= 11 is 0. The summed E-state index contributed by atoms with van der Waals surface area (Å²) in [6, 6.07) is 0. The molecule has 0 heteroatoms. The molecule has 9 heavy (non-hydrogen) atoms. The Hall–Kier alpha value is 0. The average Bonchev–Trinajstić information content (AvgIpc) is 2.46. The van der Waals surface area contributed by atoms with Crippen molar-refractivity contribution in [2.75, 3.05) is 0 Å². The molecule has 0 spiro atoms. The molecule has 0 amide bonds. The zero-order valence-electron chi connectivity index (χ0n) is 6.27. The molecular formula is C9H16. The van der Waals surface area contributed by atoms with E-state index in [-0.39, 0.29) is 0 Å². The van der Waals surface area contributed by atoms with Crippen LogP contribution in [0.2, 0.25) is 0 Å². The molecule has 0 aliphatic heterocycles. The van der Waals surface area contributed by atoms with Gasteiger partial charge in [-0.15, -0.1) is 0 Å². The lowest BCUT2D eigenvalue weighted by atomic mass is 9.71. The molecule has 2 aliphatic carbocycles. The Balaban J connectivity index is 1.71. The smallest absolute Gasteiger partial charge is 0.0381 e. The van der Waals surface area contributed by atoms with Crippen molar-refractivity contribution in [1.29, 1.82) is 0 Å². The molecule has 0 heterocycles. The zero-order chi connectivity index (χ0) is 6.27. The van der Waals surface area contributed by atoms with Gasteiger partial charge in [0.25, 0.3) is 0 Å². The lowest BCUT2D eigenvalue weighted by molar-refractivity contribution is 0.164. The summed E-state index contributed by atoms with van der Waals surface area (Å²) in [5, 5.41) is 0. The van der Waals surface area contributed by atoms with E-state index in [0.29, 0.717) is 0 Å². The highest BCUT2D eigenvalue weighted by atomic mass is 14.4. The van der Waals surface area contributed by atoms with Crippen molar-refractivity contribution in [1.82, 2.24) is 0 Å². The highest BCUT2D eigenvalue weighted by molar-refractivity contribution is 4.89. The number of hydrogen-bond donors (Lipinski definition) is 0. The van der Waals surface area contributed by atoms with E-state index >= 15 is 0 Å². The molecule has 0 nitrogen and oxygen atoms in total. The van der Waals surface area contributed by atoms with Crippen molar-refractivity contribution < 1.29 is 0 Å². The summed E-state index contributed by atoms with van der Waals surface area (Å²) in [6.07, 6.45) is 7.69. The summed E-state index contributed by atoms with van der Waals surface area (Å²) in [6.45, 7) is 2.33. The minimum atomic E-state index is 1.12. The van der Waals surface area contributed by atoms with Gasteiger partial charge >= 0.3 is 0 Å².